The van der Waals surface area contributed by atoms with Gasteiger partial charge in [-0.05, 0) is 35.9 Å². The molecule has 2 aromatic carbocycles. The second-order valence-electron chi connectivity index (χ2n) is 6.62. The van der Waals surface area contributed by atoms with Crippen LogP contribution in [0.1, 0.15) is 21.6 Å². The molecule has 1 aliphatic heterocycles. The molecular formula is C21H13F4N3O. The van der Waals surface area contributed by atoms with Crippen molar-refractivity contribution in [2.45, 2.75) is 12.5 Å². The number of aromatic nitrogens is 1. The molecule has 4 nitrogen and oxygen atoms in total. The van der Waals surface area contributed by atoms with Gasteiger partial charge in [-0.25, -0.2) is 8.78 Å². The SMILES string of the molecule is C=CC(F)(F)c1c2n(c3c(-c4ccc(F)c(F)c4)cc(C#N)cc13)CCNC2=O. The van der Waals surface area contributed by atoms with Crippen LogP contribution in [0.25, 0.3) is 22.0 Å². The van der Waals surface area contributed by atoms with E-state index in [0.29, 0.717) is 6.08 Å². The number of nitrogens with one attached hydrogen (secondary N) is 1. The molecule has 0 unspecified atom stereocenters. The number of halogens is 4. The van der Waals surface area contributed by atoms with E-state index >= 15 is 0 Å². The number of nitriles is 1. The van der Waals surface area contributed by atoms with Gasteiger partial charge in [0, 0.05) is 24.0 Å². The van der Waals surface area contributed by atoms with Crippen molar-refractivity contribution >= 4 is 16.8 Å². The largest absolute Gasteiger partial charge is 0.349 e. The first-order valence-electron chi connectivity index (χ1n) is 8.64. The number of allylic oxidation sites excluding steroid dienone is 1. The Morgan fingerprint density at radius 2 is 1.97 bits per heavy atom. The maximum absolute atomic E-state index is 14.8. The molecule has 0 saturated carbocycles. The molecule has 0 saturated heterocycles. The van der Waals surface area contributed by atoms with Gasteiger partial charge in [0.1, 0.15) is 5.69 Å². The number of alkyl halides is 2. The first-order valence-corrected chi connectivity index (χ1v) is 8.64. The topological polar surface area (TPSA) is 57.8 Å². The summed E-state index contributed by atoms with van der Waals surface area (Å²) >= 11 is 0. The lowest BCUT2D eigenvalue weighted by Gasteiger charge is -2.20. The number of carbonyl (C=O) groups is 1. The lowest BCUT2D eigenvalue weighted by Crippen LogP contribution is -2.36. The molecule has 1 amide bonds. The Hall–Kier alpha value is -3.60. The monoisotopic (exact) mass is 399 g/mol. The number of fused-ring (bicyclic) bond motifs is 3. The van der Waals surface area contributed by atoms with E-state index in [1.54, 1.807) is 0 Å². The van der Waals surface area contributed by atoms with Gasteiger partial charge >= 0.3 is 0 Å². The smallest absolute Gasteiger partial charge is 0.294 e. The molecular weight excluding hydrogens is 386 g/mol. The Kier molecular flexibility index (Phi) is 4.19. The van der Waals surface area contributed by atoms with Crippen molar-refractivity contribution in [2.75, 3.05) is 6.54 Å². The van der Waals surface area contributed by atoms with Gasteiger partial charge < -0.3 is 9.88 Å². The summed E-state index contributed by atoms with van der Waals surface area (Å²) in [6.07, 6.45) is 0.431. The van der Waals surface area contributed by atoms with Gasteiger partial charge in [0.15, 0.2) is 11.6 Å². The molecule has 0 bridgehead atoms. The maximum Gasteiger partial charge on any atom is 0.294 e. The third kappa shape index (κ3) is 2.78. The highest BCUT2D eigenvalue weighted by molar-refractivity contribution is 6.07. The molecule has 1 aliphatic rings. The number of rotatable bonds is 3. The van der Waals surface area contributed by atoms with Crippen LogP contribution in [-0.2, 0) is 12.5 Å². The van der Waals surface area contributed by atoms with Crippen LogP contribution in [-0.4, -0.2) is 17.0 Å². The summed E-state index contributed by atoms with van der Waals surface area (Å²) in [6, 6.07) is 7.71. The molecule has 2 heterocycles. The van der Waals surface area contributed by atoms with Crippen molar-refractivity contribution in [3.05, 3.63) is 71.4 Å². The van der Waals surface area contributed by atoms with E-state index < -0.39 is 29.0 Å². The van der Waals surface area contributed by atoms with Gasteiger partial charge in [0.25, 0.3) is 11.8 Å². The van der Waals surface area contributed by atoms with Crippen molar-refractivity contribution < 1.29 is 22.4 Å². The molecule has 146 valence electrons. The zero-order valence-electron chi connectivity index (χ0n) is 14.9. The minimum atomic E-state index is -3.55. The normalized spacial score (nSPS) is 13.7. The Balaban J connectivity index is 2.20. The van der Waals surface area contributed by atoms with Crippen LogP contribution in [0.5, 0.6) is 0 Å². The van der Waals surface area contributed by atoms with Crippen molar-refractivity contribution in [3.63, 3.8) is 0 Å². The first kappa shape index (κ1) is 18.7. The van der Waals surface area contributed by atoms with Gasteiger partial charge in [0.05, 0.1) is 22.7 Å². The van der Waals surface area contributed by atoms with Crippen molar-refractivity contribution in [1.29, 1.82) is 5.26 Å². The van der Waals surface area contributed by atoms with Gasteiger partial charge in [-0.15, -0.1) is 0 Å². The third-order valence-electron chi connectivity index (χ3n) is 4.94. The average molecular weight is 399 g/mol. The molecule has 4 rings (SSSR count). The Morgan fingerprint density at radius 3 is 2.62 bits per heavy atom. The van der Waals surface area contributed by atoms with Crippen LogP contribution in [0.4, 0.5) is 17.6 Å². The van der Waals surface area contributed by atoms with E-state index in [4.69, 9.17) is 0 Å². The number of nitrogens with zero attached hydrogens (tertiary/aromatic N) is 2. The Bertz CT molecular complexity index is 1240. The molecule has 0 radical (unpaired) electrons. The van der Waals surface area contributed by atoms with Gasteiger partial charge in [0.2, 0.25) is 0 Å². The number of benzene rings is 2. The van der Waals surface area contributed by atoms with E-state index in [2.05, 4.69) is 11.9 Å². The van der Waals surface area contributed by atoms with Crippen LogP contribution in [0, 0.1) is 23.0 Å². The summed E-state index contributed by atoms with van der Waals surface area (Å²) < 4.78 is 58.3. The van der Waals surface area contributed by atoms with Gasteiger partial charge in [-0.2, -0.15) is 14.0 Å². The second-order valence-corrected chi connectivity index (χ2v) is 6.62. The van der Waals surface area contributed by atoms with E-state index in [1.807, 2.05) is 6.07 Å². The van der Waals surface area contributed by atoms with Crippen LogP contribution in [0.15, 0.2) is 43.0 Å². The van der Waals surface area contributed by atoms with Gasteiger partial charge in [-0.3, -0.25) is 4.79 Å². The first-order chi connectivity index (χ1) is 13.8. The van der Waals surface area contributed by atoms with Crippen LogP contribution < -0.4 is 5.32 Å². The summed E-state index contributed by atoms with van der Waals surface area (Å²) in [5.41, 5.74) is -0.0699. The Labute approximate surface area is 162 Å². The van der Waals surface area contributed by atoms with Crippen molar-refractivity contribution in [3.8, 4) is 17.2 Å². The van der Waals surface area contributed by atoms with Crippen molar-refractivity contribution in [2.24, 2.45) is 0 Å². The summed E-state index contributed by atoms with van der Waals surface area (Å²) in [7, 11) is 0. The van der Waals surface area contributed by atoms with Gasteiger partial charge in [-0.1, -0.05) is 12.6 Å². The number of hydrogen-bond acceptors (Lipinski definition) is 2. The highest BCUT2D eigenvalue weighted by Gasteiger charge is 2.40. The highest BCUT2D eigenvalue weighted by atomic mass is 19.3. The Morgan fingerprint density at radius 1 is 1.21 bits per heavy atom. The highest BCUT2D eigenvalue weighted by Crippen LogP contribution is 2.43. The standard InChI is InChI=1S/C21H13F4N3O/c1-2-21(24,25)17-14-8-11(10-26)7-13(12-3-4-15(22)16(23)9-12)18(14)28-6-5-27-20(29)19(17)28/h2-4,7-9H,1,5-6H2,(H,27,29). The van der Waals surface area contributed by atoms with E-state index in [9.17, 15) is 27.6 Å². The zero-order chi connectivity index (χ0) is 20.9. The number of amides is 1. The summed E-state index contributed by atoms with van der Waals surface area (Å²) in [4.78, 5) is 12.5. The summed E-state index contributed by atoms with van der Waals surface area (Å²) in [5.74, 6) is -6.40. The lowest BCUT2D eigenvalue weighted by molar-refractivity contribution is 0.0514. The van der Waals surface area contributed by atoms with E-state index in [1.165, 1.54) is 22.8 Å². The van der Waals surface area contributed by atoms with E-state index in [0.717, 1.165) is 12.1 Å². The van der Waals surface area contributed by atoms with Crippen molar-refractivity contribution in [1.82, 2.24) is 9.88 Å². The number of hydrogen-bond donors (Lipinski definition) is 1. The molecule has 0 spiro atoms. The summed E-state index contributed by atoms with van der Waals surface area (Å²) in [6.45, 7) is 3.58. The maximum atomic E-state index is 14.8. The second kappa shape index (κ2) is 6.48. The molecule has 3 aromatic rings. The molecule has 8 heteroatoms. The fourth-order valence-corrected chi connectivity index (χ4v) is 3.70. The predicted molar refractivity (Wildman–Crippen MR) is 98.4 cm³/mol. The fraction of sp³-hybridized carbons (Fsp3) is 0.143. The molecule has 0 fully saturated rings. The minimum absolute atomic E-state index is 0.0132. The molecule has 0 aliphatic carbocycles. The third-order valence-corrected chi connectivity index (χ3v) is 4.94. The molecule has 1 N–H and O–H groups in total. The van der Waals surface area contributed by atoms with Crippen LogP contribution >= 0.6 is 0 Å². The molecule has 0 atom stereocenters. The lowest BCUT2D eigenvalue weighted by atomic mass is 9.96. The van der Waals surface area contributed by atoms with Crippen LogP contribution in [0.2, 0.25) is 0 Å². The molecule has 29 heavy (non-hydrogen) atoms. The predicted octanol–water partition coefficient (Wildman–Crippen LogP) is 4.48. The number of carbonyl (C=O) groups excluding carboxylic acids is 1. The molecule has 1 aromatic heterocycles. The quantitative estimate of drug-likeness (QED) is 0.522. The minimum Gasteiger partial charge on any atom is -0.349 e. The average Bonchev–Trinajstić information content (AvgIpc) is 3.05. The van der Waals surface area contributed by atoms with Crippen LogP contribution in [0.3, 0.4) is 0 Å². The van der Waals surface area contributed by atoms with E-state index in [-0.39, 0.29) is 46.4 Å². The zero-order valence-corrected chi connectivity index (χ0v) is 14.9. The fourth-order valence-electron chi connectivity index (χ4n) is 3.70. The summed E-state index contributed by atoms with van der Waals surface area (Å²) in [5, 5.41) is 11.9.